The van der Waals surface area contributed by atoms with Crippen molar-refractivity contribution in [3.8, 4) is 5.75 Å². The summed E-state index contributed by atoms with van der Waals surface area (Å²) in [4.78, 5) is 23.8. The molecule has 0 heterocycles. The van der Waals surface area contributed by atoms with E-state index < -0.39 is 17.6 Å². The fraction of sp³-hybridized carbons (Fsp3) is 0.176. The fourth-order valence-corrected chi connectivity index (χ4v) is 2.00. The van der Waals surface area contributed by atoms with Crippen molar-refractivity contribution in [1.82, 2.24) is 5.32 Å². The summed E-state index contributed by atoms with van der Waals surface area (Å²) in [5.41, 5.74) is 1.62. The molecule has 0 fully saturated rings. The Morgan fingerprint density at radius 2 is 1.87 bits per heavy atom. The number of amides is 2. The summed E-state index contributed by atoms with van der Waals surface area (Å²) in [6, 6.07) is 11.3. The zero-order chi connectivity index (χ0) is 16.8. The van der Waals surface area contributed by atoms with Gasteiger partial charge in [-0.2, -0.15) is 0 Å². The monoisotopic (exact) mass is 316 g/mol. The predicted octanol–water partition coefficient (Wildman–Crippen LogP) is 2.40. The molecule has 0 radical (unpaired) electrons. The van der Waals surface area contributed by atoms with Gasteiger partial charge in [0.25, 0.3) is 0 Å². The van der Waals surface area contributed by atoms with Crippen LogP contribution in [-0.4, -0.2) is 18.9 Å². The number of rotatable bonds is 4. The van der Waals surface area contributed by atoms with Crippen LogP contribution in [0.2, 0.25) is 0 Å². The van der Waals surface area contributed by atoms with Gasteiger partial charge in [0.15, 0.2) is 0 Å². The van der Waals surface area contributed by atoms with Crippen LogP contribution in [0.4, 0.5) is 10.1 Å². The third kappa shape index (κ3) is 4.29. The molecule has 0 aromatic heterocycles. The highest BCUT2D eigenvalue weighted by atomic mass is 19.1. The number of benzene rings is 2. The van der Waals surface area contributed by atoms with Crippen LogP contribution < -0.4 is 15.4 Å². The Labute approximate surface area is 133 Å². The Morgan fingerprint density at radius 3 is 2.57 bits per heavy atom. The number of aryl methyl sites for hydroxylation is 1. The summed E-state index contributed by atoms with van der Waals surface area (Å²) in [6.07, 6.45) is 0. The van der Waals surface area contributed by atoms with E-state index in [4.69, 9.17) is 4.74 Å². The molecular weight excluding hydrogens is 299 g/mol. The maximum atomic E-state index is 13.5. The van der Waals surface area contributed by atoms with Gasteiger partial charge in [-0.25, -0.2) is 4.39 Å². The summed E-state index contributed by atoms with van der Waals surface area (Å²) >= 11 is 0. The zero-order valence-electron chi connectivity index (χ0n) is 12.9. The first-order chi connectivity index (χ1) is 11.0. The molecule has 0 aliphatic carbocycles. The fourth-order valence-electron chi connectivity index (χ4n) is 2.00. The zero-order valence-corrected chi connectivity index (χ0v) is 12.9. The van der Waals surface area contributed by atoms with Gasteiger partial charge in [-0.15, -0.1) is 0 Å². The molecular formula is C17H17FN2O3. The van der Waals surface area contributed by atoms with E-state index in [0.717, 1.165) is 5.56 Å². The number of halogens is 1. The Hall–Kier alpha value is -2.89. The van der Waals surface area contributed by atoms with Crippen LogP contribution in [0.1, 0.15) is 11.1 Å². The number of ether oxygens (including phenoxy) is 1. The average molecular weight is 316 g/mol. The van der Waals surface area contributed by atoms with E-state index in [1.54, 1.807) is 24.3 Å². The molecule has 0 atom stereocenters. The highest BCUT2D eigenvalue weighted by molar-refractivity contribution is 6.39. The summed E-state index contributed by atoms with van der Waals surface area (Å²) in [7, 11) is 1.47. The highest BCUT2D eigenvalue weighted by Gasteiger charge is 2.16. The van der Waals surface area contributed by atoms with Gasteiger partial charge in [-0.1, -0.05) is 24.3 Å². The lowest BCUT2D eigenvalue weighted by Crippen LogP contribution is -2.35. The third-order valence-electron chi connectivity index (χ3n) is 3.21. The van der Waals surface area contributed by atoms with Crippen molar-refractivity contribution < 1.29 is 18.7 Å². The number of hydrogen-bond acceptors (Lipinski definition) is 3. The van der Waals surface area contributed by atoms with Crippen LogP contribution in [0, 0.1) is 12.7 Å². The maximum Gasteiger partial charge on any atom is 0.313 e. The molecule has 23 heavy (non-hydrogen) atoms. The lowest BCUT2D eigenvalue weighted by molar-refractivity contribution is -0.136. The van der Waals surface area contributed by atoms with Crippen molar-refractivity contribution in [3.63, 3.8) is 0 Å². The molecule has 6 heteroatoms. The average Bonchev–Trinajstić information content (AvgIpc) is 2.54. The quantitative estimate of drug-likeness (QED) is 0.851. The molecule has 5 nitrogen and oxygen atoms in total. The molecule has 2 rings (SSSR count). The van der Waals surface area contributed by atoms with Crippen LogP contribution in [0.15, 0.2) is 42.5 Å². The molecule has 120 valence electrons. The van der Waals surface area contributed by atoms with Gasteiger partial charge in [-0.3, -0.25) is 9.59 Å². The van der Waals surface area contributed by atoms with E-state index in [1.807, 2.05) is 13.0 Å². The Balaban J connectivity index is 1.99. The molecule has 0 aliphatic rings. The standard InChI is InChI=1S/C17H17FN2O3/c1-11-7-8-15(23-2)14(9-11)20-17(22)16(21)19-10-12-5-3-4-6-13(12)18/h3-9H,10H2,1-2H3,(H,19,21)(H,20,22). The Kier molecular flexibility index (Phi) is 5.30. The summed E-state index contributed by atoms with van der Waals surface area (Å²) in [5, 5.41) is 4.86. The molecule has 0 spiro atoms. The highest BCUT2D eigenvalue weighted by Crippen LogP contribution is 2.24. The minimum absolute atomic E-state index is 0.0656. The first-order valence-electron chi connectivity index (χ1n) is 6.98. The molecule has 2 aromatic rings. The lowest BCUT2D eigenvalue weighted by atomic mass is 10.2. The van der Waals surface area contributed by atoms with Crippen LogP contribution >= 0.6 is 0 Å². The Bertz CT molecular complexity index is 732. The van der Waals surface area contributed by atoms with Gasteiger partial charge < -0.3 is 15.4 Å². The smallest absolute Gasteiger partial charge is 0.313 e. The van der Waals surface area contributed by atoms with Crippen LogP contribution in [-0.2, 0) is 16.1 Å². The van der Waals surface area contributed by atoms with Crippen LogP contribution in [0.25, 0.3) is 0 Å². The molecule has 2 aromatic carbocycles. The van der Waals surface area contributed by atoms with Crippen molar-refractivity contribution in [2.24, 2.45) is 0 Å². The number of hydrogen-bond donors (Lipinski definition) is 2. The van der Waals surface area contributed by atoms with Gasteiger partial charge in [0.2, 0.25) is 0 Å². The number of carbonyl (C=O) groups excluding carboxylic acids is 2. The molecule has 2 N–H and O–H groups in total. The van der Waals surface area contributed by atoms with E-state index in [2.05, 4.69) is 10.6 Å². The second kappa shape index (κ2) is 7.40. The van der Waals surface area contributed by atoms with Crippen molar-refractivity contribution in [2.75, 3.05) is 12.4 Å². The van der Waals surface area contributed by atoms with E-state index in [0.29, 0.717) is 17.0 Å². The molecule has 0 unspecified atom stereocenters. The first kappa shape index (κ1) is 16.5. The number of carbonyl (C=O) groups is 2. The summed E-state index contributed by atoms with van der Waals surface area (Å²) in [6.45, 7) is 1.79. The second-order valence-corrected chi connectivity index (χ2v) is 4.93. The van der Waals surface area contributed by atoms with E-state index >= 15 is 0 Å². The minimum atomic E-state index is -0.850. The van der Waals surface area contributed by atoms with Gasteiger partial charge in [0.1, 0.15) is 11.6 Å². The number of nitrogens with one attached hydrogen (secondary N) is 2. The van der Waals surface area contributed by atoms with E-state index in [1.165, 1.54) is 19.2 Å². The molecule has 2 amide bonds. The van der Waals surface area contributed by atoms with E-state index in [9.17, 15) is 14.0 Å². The third-order valence-corrected chi connectivity index (χ3v) is 3.21. The van der Waals surface area contributed by atoms with Crippen molar-refractivity contribution in [2.45, 2.75) is 13.5 Å². The van der Waals surface area contributed by atoms with Crippen molar-refractivity contribution >= 4 is 17.5 Å². The van der Waals surface area contributed by atoms with Crippen LogP contribution in [0.5, 0.6) is 5.75 Å². The maximum absolute atomic E-state index is 13.5. The second-order valence-electron chi connectivity index (χ2n) is 4.93. The number of anilines is 1. The molecule has 0 aliphatic heterocycles. The number of methoxy groups -OCH3 is 1. The largest absolute Gasteiger partial charge is 0.495 e. The molecule has 0 saturated heterocycles. The van der Waals surface area contributed by atoms with Gasteiger partial charge in [0, 0.05) is 12.1 Å². The molecule has 0 saturated carbocycles. The molecule has 0 bridgehead atoms. The van der Waals surface area contributed by atoms with Gasteiger partial charge >= 0.3 is 11.8 Å². The predicted molar refractivity (Wildman–Crippen MR) is 84.6 cm³/mol. The van der Waals surface area contributed by atoms with Crippen molar-refractivity contribution in [1.29, 1.82) is 0 Å². The summed E-state index contributed by atoms with van der Waals surface area (Å²) in [5.74, 6) is -1.68. The minimum Gasteiger partial charge on any atom is -0.495 e. The normalized spacial score (nSPS) is 10.0. The topological polar surface area (TPSA) is 67.4 Å². The van der Waals surface area contributed by atoms with Crippen LogP contribution in [0.3, 0.4) is 0 Å². The lowest BCUT2D eigenvalue weighted by Gasteiger charge is -2.11. The first-order valence-corrected chi connectivity index (χ1v) is 6.98. The van der Waals surface area contributed by atoms with Gasteiger partial charge in [0.05, 0.1) is 12.8 Å². The van der Waals surface area contributed by atoms with Crippen molar-refractivity contribution in [3.05, 3.63) is 59.4 Å². The SMILES string of the molecule is COc1ccc(C)cc1NC(=O)C(=O)NCc1ccccc1F. The Morgan fingerprint density at radius 1 is 1.13 bits per heavy atom. The van der Waals surface area contributed by atoms with Gasteiger partial charge in [-0.05, 0) is 30.7 Å². The summed E-state index contributed by atoms with van der Waals surface area (Å²) < 4.78 is 18.6. The van der Waals surface area contributed by atoms with E-state index in [-0.39, 0.29) is 6.54 Å².